The van der Waals surface area contributed by atoms with E-state index in [4.69, 9.17) is 4.52 Å². The van der Waals surface area contributed by atoms with Crippen LogP contribution in [0.5, 0.6) is 0 Å². The summed E-state index contributed by atoms with van der Waals surface area (Å²) in [5.74, 6) is 1.56. The molecule has 1 aliphatic heterocycles. The molecule has 1 saturated heterocycles. The van der Waals surface area contributed by atoms with Gasteiger partial charge >= 0.3 is 0 Å². The summed E-state index contributed by atoms with van der Waals surface area (Å²) >= 11 is 0. The van der Waals surface area contributed by atoms with E-state index in [1.54, 1.807) is 11.0 Å². The number of aromatic nitrogens is 1. The van der Waals surface area contributed by atoms with Crippen LogP contribution in [-0.4, -0.2) is 41.0 Å². The molecular weight excluding hydrogens is 282 g/mol. The number of likely N-dealkylation sites (tertiary alicyclic amines) is 1. The number of carbonyl (C=O) groups excluding carboxylic acids is 2. The van der Waals surface area contributed by atoms with E-state index in [0.29, 0.717) is 24.7 Å². The quantitative estimate of drug-likeness (QED) is 0.918. The van der Waals surface area contributed by atoms with Gasteiger partial charge in [-0.15, -0.1) is 0 Å². The molecular formula is C16H21N3O3. The van der Waals surface area contributed by atoms with Crippen LogP contribution >= 0.6 is 0 Å². The van der Waals surface area contributed by atoms with E-state index in [9.17, 15) is 9.59 Å². The number of nitrogens with one attached hydrogen (secondary N) is 1. The first-order valence-electron chi connectivity index (χ1n) is 8.27. The zero-order valence-electron chi connectivity index (χ0n) is 12.6. The molecule has 6 nitrogen and oxygen atoms in total. The van der Waals surface area contributed by atoms with Gasteiger partial charge in [-0.25, -0.2) is 0 Å². The lowest BCUT2D eigenvalue weighted by molar-refractivity contribution is -0.128. The Bertz CT molecular complexity index is 589. The van der Waals surface area contributed by atoms with Crippen molar-refractivity contribution in [3.8, 4) is 0 Å². The highest BCUT2D eigenvalue weighted by Crippen LogP contribution is 2.40. The van der Waals surface area contributed by atoms with Gasteiger partial charge in [-0.05, 0) is 32.1 Å². The summed E-state index contributed by atoms with van der Waals surface area (Å²) in [5.41, 5.74) is 0.396. The van der Waals surface area contributed by atoms with Crippen molar-refractivity contribution in [1.82, 2.24) is 15.4 Å². The standard InChI is InChI=1S/C16H21N3O3/c20-15(11-2-1-3-11)17-12-6-7-19(9-12)16(21)13-8-14(22-18-13)10-4-5-10/h8,10-12H,1-7,9H2,(H,17,20)/t12-/m0/s1. The molecule has 0 spiro atoms. The van der Waals surface area contributed by atoms with Gasteiger partial charge in [0.1, 0.15) is 5.76 Å². The Labute approximate surface area is 129 Å². The average molecular weight is 303 g/mol. The number of nitrogens with zero attached hydrogens (tertiary/aromatic N) is 2. The fourth-order valence-corrected chi connectivity index (χ4v) is 3.16. The molecule has 0 aromatic carbocycles. The van der Waals surface area contributed by atoms with E-state index < -0.39 is 0 Å². The fourth-order valence-electron chi connectivity index (χ4n) is 3.16. The van der Waals surface area contributed by atoms with Gasteiger partial charge in [0.05, 0.1) is 0 Å². The maximum Gasteiger partial charge on any atom is 0.276 e. The molecule has 2 aliphatic carbocycles. The third-order valence-corrected chi connectivity index (χ3v) is 5.03. The Hall–Kier alpha value is -1.85. The zero-order chi connectivity index (χ0) is 15.1. The Kier molecular flexibility index (Phi) is 3.39. The van der Waals surface area contributed by atoms with Gasteiger partial charge in [0.25, 0.3) is 5.91 Å². The number of amides is 2. The van der Waals surface area contributed by atoms with Gasteiger partial charge in [0.2, 0.25) is 5.91 Å². The molecule has 1 aromatic heterocycles. The predicted octanol–water partition coefficient (Wildman–Crippen LogP) is 1.68. The lowest BCUT2D eigenvalue weighted by Gasteiger charge is -2.26. The van der Waals surface area contributed by atoms with E-state index >= 15 is 0 Å². The summed E-state index contributed by atoms with van der Waals surface area (Å²) in [6.45, 7) is 1.24. The SMILES string of the molecule is O=C(N[C@H]1CCN(C(=O)c2cc(C3CC3)on2)C1)C1CCC1. The van der Waals surface area contributed by atoms with Crippen molar-refractivity contribution in [2.45, 2.75) is 50.5 Å². The third kappa shape index (κ3) is 2.62. The monoisotopic (exact) mass is 303 g/mol. The third-order valence-electron chi connectivity index (χ3n) is 5.03. The molecule has 2 heterocycles. The largest absolute Gasteiger partial charge is 0.360 e. The van der Waals surface area contributed by atoms with Crippen LogP contribution in [0.4, 0.5) is 0 Å². The first kappa shape index (κ1) is 13.8. The van der Waals surface area contributed by atoms with Crippen molar-refractivity contribution in [2.75, 3.05) is 13.1 Å². The lowest BCUT2D eigenvalue weighted by atomic mass is 9.84. The molecule has 1 atom stereocenters. The molecule has 0 bridgehead atoms. The van der Waals surface area contributed by atoms with Gasteiger partial charge < -0.3 is 14.7 Å². The smallest absolute Gasteiger partial charge is 0.276 e. The first-order chi connectivity index (χ1) is 10.7. The van der Waals surface area contributed by atoms with Crippen molar-refractivity contribution in [3.05, 3.63) is 17.5 Å². The van der Waals surface area contributed by atoms with Crippen LogP contribution in [0.2, 0.25) is 0 Å². The Morgan fingerprint density at radius 1 is 1.23 bits per heavy atom. The molecule has 0 radical (unpaired) electrons. The van der Waals surface area contributed by atoms with Gasteiger partial charge in [0, 0.05) is 37.0 Å². The highest BCUT2D eigenvalue weighted by molar-refractivity contribution is 5.92. The number of hydrogen-bond donors (Lipinski definition) is 1. The number of rotatable bonds is 4. The fraction of sp³-hybridized carbons (Fsp3) is 0.688. The zero-order valence-corrected chi connectivity index (χ0v) is 12.6. The minimum absolute atomic E-state index is 0.0758. The van der Waals surface area contributed by atoms with Crippen LogP contribution in [0, 0.1) is 5.92 Å². The number of hydrogen-bond acceptors (Lipinski definition) is 4. The second-order valence-corrected chi connectivity index (χ2v) is 6.76. The molecule has 0 unspecified atom stereocenters. The second-order valence-electron chi connectivity index (χ2n) is 6.76. The summed E-state index contributed by atoms with van der Waals surface area (Å²) in [5, 5.41) is 6.98. The predicted molar refractivity (Wildman–Crippen MR) is 78.3 cm³/mol. The maximum absolute atomic E-state index is 12.4. The Balaban J connectivity index is 1.32. The van der Waals surface area contributed by atoms with Gasteiger partial charge in [0.15, 0.2) is 5.69 Å². The van der Waals surface area contributed by atoms with Crippen molar-refractivity contribution in [1.29, 1.82) is 0 Å². The topological polar surface area (TPSA) is 75.4 Å². The highest BCUT2D eigenvalue weighted by Gasteiger charge is 2.34. The molecule has 2 saturated carbocycles. The molecule has 1 N–H and O–H groups in total. The van der Waals surface area contributed by atoms with E-state index in [1.165, 1.54) is 0 Å². The molecule has 118 valence electrons. The summed E-state index contributed by atoms with van der Waals surface area (Å²) in [4.78, 5) is 26.2. The van der Waals surface area contributed by atoms with Crippen molar-refractivity contribution in [3.63, 3.8) is 0 Å². The van der Waals surface area contributed by atoms with Crippen LogP contribution in [-0.2, 0) is 4.79 Å². The lowest BCUT2D eigenvalue weighted by Crippen LogP contribution is -2.43. The summed E-state index contributed by atoms with van der Waals surface area (Å²) in [6.07, 6.45) is 6.23. The molecule has 3 fully saturated rings. The van der Waals surface area contributed by atoms with Crippen LogP contribution in [0.15, 0.2) is 10.6 Å². The van der Waals surface area contributed by atoms with Gasteiger partial charge in [-0.1, -0.05) is 11.6 Å². The Morgan fingerprint density at radius 3 is 2.73 bits per heavy atom. The first-order valence-corrected chi connectivity index (χ1v) is 8.27. The molecule has 3 aliphatic rings. The van der Waals surface area contributed by atoms with E-state index in [-0.39, 0.29) is 23.8 Å². The average Bonchev–Trinajstić information content (AvgIpc) is 2.99. The minimum atomic E-state index is -0.0870. The molecule has 1 aromatic rings. The van der Waals surface area contributed by atoms with Crippen molar-refractivity contribution < 1.29 is 14.1 Å². The second kappa shape index (κ2) is 5.41. The van der Waals surface area contributed by atoms with Crippen molar-refractivity contribution in [2.24, 2.45) is 5.92 Å². The summed E-state index contributed by atoms with van der Waals surface area (Å²) in [7, 11) is 0. The Morgan fingerprint density at radius 2 is 2.05 bits per heavy atom. The van der Waals surface area contributed by atoms with Gasteiger partial charge in [-0.3, -0.25) is 9.59 Å². The van der Waals surface area contributed by atoms with Crippen LogP contribution in [0.25, 0.3) is 0 Å². The maximum atomic E-state index is 12.4. The van der Waals surface area contributed by atoms with E-state index in [2.05, 4.69) is 10.5 Å². The van der Waals surface area contributed by atoms with Gasteiger partial charge in [-0.2, -0.15) is 0 Å². The molecule has 22 heavy (non-hydrogen) atoms. The molecule has 2 amide bonds. The molecule has 4 rings (SSSR count). The summed E-state index contributed by atoms with van der Waals surface area (Å²) in [6, 6.07) is 1.85. The van der Waals surface area contributed by atoms with Crippen LogP contribution in [0.3, 0.4) is 0 Å². The minimum Gasteiger partial charge on any atom is -0.360 e. The van der Waals surface area contributed by atoms with E-state index in [0.717, 1.165) is 44.3 Å². The van der Waals surface area contributed by atoms with E-state index in [1.807, 2.05) is 0 Å². The summed E-state index contributed by atoms with van der Waals surface area (Å²) < 4.78 is 5.25. The van der Waals surface area contributed by atoms with Crippen molar-refractivity contribution >= 4 is 11.8 Å². The highest BCUT2D eigenvalue weighted by atomic mass is 16.5. The van der Waals surface area contributed by atoms with Crippen LogP contribution in [0.1, 0.15) is 60.7 Å². The molecule has 6 heteroatoms. The number of carbonyl (C=O) groups is 2. The van der Waals surface area contributed by atoms with Crippen LogP contribution < -0.4 is 5.32 Å². The normalized spacial score (nSPS) is 25.1.